The molecule has 2 rings (SSSR count). The Morgan fingerprint density at radius 3 is 2.19 bits per heavy atom. The molecule has 0 aromatic heterocycles. The van der Waals surface area contributed by atoms with E-state index in [9.17, 15) is 8.42 Å². The van der Waals surface area contributed by atoms with Gasteiger partial charge in [0, 0.05) is 13.7 Å². The normalized spacial score (nSPS) is 11.3. The number of rotatable bonds is 6. The first-order valence-corrected chi connectivity index (χ1v) is 8.23. The summed E-state index contributed by atoms with van der Waals surface area (Å²) in [5, 5.41) is 8.81. The molecule has 21 heavy (non-hydrogen) atoms. The molecule has 2 aromatic rings. The average molecular weight is 305 g/mol. The molecule has 0 heterocycles. The Kier molecular flexibility index (Phi) is 4.98. The molecule has 0 unspecified atom stereocenters. The summed E-state index contributed by atoms with van der Waals surface area (Å²) in [5.74, 6) is 0. The summed E-state index contributed by atoms with van der Waals surface area (Å²) in [7, 11) is -2.00. The topological polar surface area (TPSA) is 57.6 Å². The van der Waals surface area contributed by atoms with Gasteiger partial charge < -0.3 is 5.11 Å². The van der Waals surface area contributed by atoms with Gasteiger partial charge >= 0.3 is 0 Å². The number of anilines is 1. The van der Waals surface area contributed by atoms with Gasteiger partial charge in [-0.25, -0.2) is 8.42 Å². The van der Waals surface area contributed by atoms with Crippen molar-refractivity contribution in [1.29, 1.82) is 0 Å². The zero-order valence-corrected chi connectivity index (χ0v) is 12.8. The first kappa shape index (κ1) is 15.5. The molecule has 0 radical (unpaired) electrons. The van der Waals surface area contributed by atoms with Gasteiger partial charge in [0.1, 0.15) is 0 Å². The molecule has 112 valence electrons. The second kappa shape index (κ2) is 6.74. The maximum Gasteiger partial charge on any atom is 0.264 e. The Bertz CT molecular complexity index is 666. The third-order valence-electron chi connectivity index (χ3n) is 3.33. The highest BCUT2D eigenvalue weighted by molar-refractivity contribution is 7.92. The van der Waals surface area contributed by atoms with Crippen LogP contribution < -0.4 is 4.31 Å². The number of hydrogen-bond donors (Lipinski definition) is 1. The Labute approximate surface area is 125 Å². The molecular formula is C16H19NO3S. The van der Waals surface area contributed by atoms with Crippen molar-refractivity contribution in [2.75, 3.05) is 18.0 Å². The van der Waals surface area contributed by atoms with E-state index < -0.39 is 10.0 Å². The Morgan fingerprint density at radius 2 is 1.62 bits per heavy atom. The molecule has 2 aromatic carbocycles. The summed E-state index contributed by atoms with van der Waals surface area (Å²) in [6.07, 6.45) is 1.42. The van der Waals surface area contributed by atoms with Crippen LogP contribution in [-0.4, -0.2) is 27.2 Å². The van der Waals surface area contributed by atoms with Gasteiger partial charge in [0.25, 0.3) is 10.0 Å². The van der Waals surface area contributed by atoms with Crippen molar-refractivity contribution < 1.29 is 13.5 Å². The maximum atomic E-state index is 12.5. The molecule has 0 spiro atoms. The minimum absolute atomic E-state index is 0.136. The first-order valence-electron chi connectivity index (χ1n) is 6.79. The average Bonchev–Trinajstić information content (AvgIpc) is 2.53. The summed E-state index contributed by atoms with van der Waals surface area (Å²) in [4.78, 5) is 0.265. The Hall–Kier alpha value is -1.85. The number of hydrogen-bond acceptors (Lipinski definition) is 3. The Balaban J connectivity index is 2.23. The number of nitrogens with zero attached hydrogens (tertiary/aromatic N) is 1. The fourth-order valence-corrected chi connectivity index (χ4v) is 3.24. The van der Waals surface area contributed by atoms with Gasteiger partial charge in [-0.2, -0.15) is 0 Å². The number of para-hydroxylation sites is 1. The molecule has 5 heteroatoms. The molecular weight excluding hydrogens is 286 g/mol. The lowest BCUT2D eigenvalue weighted by Gasteiger charge is -2.19. The van der Waals surface area contributed by atoms with Crippen LogP contribution in [-0.2, 0) is 16.4 Å². The van der Waals surface area contributed by atoms with Gasteiger partial charge in [-0.1, -0.05) is 30.3 Å². The van der Waals surface area contributed by atoms with Crippen molar-refractivity contribution in [3.63, 3.8) is 0 Å². The lowest BCUT2D eigenvalue weighted by atomic mass is 10.1. The molecule has 0 aliphatic carbocycles. The summed E-state index contributed by atoms with van der Waals surface area (Å²) in [6.45, 7) is 0.136. The van der Waals surface area contributed by atoms with Crippen LogP contribution in [0.25, 0.3) is 0 Å². The fraction of sp³-hybridized carbons (Fsp3) is 0.250. The standard InChI is InChI=1S/C16H19NO3S/c1-17(15-7-3-2-4-8-15)21(19,20)16-11-9-14(10-12-16)6-5-13-18/h2-4,7-12,18H,5-6,13H2,1H3. The van der Waals surface area contributed by atoms with Crippen LogP contribution in [0.3, 0.4) is 0 Å². The quantitative estimate of drug-likeness (QED) is 0.892. The highest BCUT2D eigenvalue weighted by Gasteiger charge is 2.20. The number of benzene rings is 2. The van der Waals surface area contributed by atoms with Crippen LogP contribution in [0.2, 0.25) is 0 Å². The molecule has 0 fully saturated rings. The van der Waals surface area contributed by atoms with Crippen LogP contribution in [0.4, 0.5) is 5.69 Å². The minimum Gasteiger partial charge on any atom is -0.396 e. The third-order valence-corrected chi connectivity index (χ3v) is 5.12. The van der Waals surface area contributed by atoms with E-state index in [0.29, 0.717) is 12.1 Å². The number of aliphatic hydroxyl groups is 1. The molecule has 4 nitrogen and oxygen atoms in total. The highest BCUT2D eigenvalue weighted by Crippen LogP contribution is 2.22. The smallest absolute Gasteiger partial charge is 0.264 e. The largest absolute Gasteiger partial charge is 0.396 e. The van der Waals surface area contributed by atoms with Crippen molar-refractivity contribution in [2.45, 2.75) is 17.7 Å². The predicted octanol–water partition coefficient (Wildman–Crippen LogP) is 2.44. The molecule has 0 saturated carbocycles. The van der Waals surface area contributed by atoms with E-state index in [1.165, 1.54) is 4.31 Å². The van der Waals surface area contributed by atoms with E-state index in [2.05, 4.69) is 0 Å². The van der Waals surface area contributed by atoms with Gasteiger partial charge in [-0.3, -0.25) is 4.31 Å². The zero-order chi connectivity index (χ0) is 15.3. The van der Waals surface area contributed by atoms with Crippen molar-refractivity contribution in [3.8, 4) is 0 Å². The monoisotopic (exact) mass is 305 g/mol. The summed E-state index contributed by atoms with van der Waals surface area (Å²) < 4.78 is 26.4. The fourth-order valence-electron chi connectivity index (χ4n) is 2.05. The van der Waals surface area contributed by atoms with Crippen LogP contribution in [0.1, 0.15) is 12.0 Å². The summed E-state index contributed by atoms with van der Waals surface area (Å²) >= 11 is 0. The van der Waals surface area contributed by atoms with Gasteiger partial charge in [0.15, 0.2) is 0 Å². The lowest BCUT2D eigenvalue weighted by molar-refractivity contribution is 0.288. The first-order chi connectivity index (χ1) is 10.1. The van der Waals surface area contributed by atoms with Crippen LogP contribution >= 0.6 is 0 Å². The highest BCUT2D eigenvalue weighted by atomic mass is 32.2. The lowest BCUT2D eigenvalue weighted by Crippen LogP contribution is -2.26. The van der Waals surface area contributed by atoms with E-state index in [0.717, 1.165) is 12.0 Å². The van der Waals surface area contributed by atoms with E-state index in [1.807, 2.05) is 6.07 Å². The van der Waals surface area contributed by atoms with E-state index in [1.54, 1.807) is 55.6 Å². The maximum absolute atomic E-state index is 12.5. The number of aliphatic hydroxyl groups excluding tert-OH is 1. The summed E-state index contributed by atoms with van der Waals surface area (Å²) in [5.41, 5.74) is 1.65. The zero-order valence-electron chi connectivity index (χ0n) is 11.9. The SMILES string of the molecule is CN(c1ccccc1)S(=O)(=O)c1ccc(CCCO)cc1. The minimum atomic E-state index is -3.55. The molecule has 1 N–H and O–H groups in total. The molecule has 0 aliphatic rings. The van der Waals surface area contributed by atoms with Crippen LogP contribution in [0.15, 0.2) is 59.5 Å². The van der Waals surface area contributed by atoms with Crippen LogP contribution in [0.5, 0.6) is 0 Å². The predicted molar refractivity (Wildman–Crippen MR) is 83.9 cm³/mol. The number of sulfonamides is 1. The van der Waals surface area contributed by atoms with Crippen molar-refractivity contribution in [1.82, 2.24) is 0 Å². The molecule has 0 saturated heterocycles. The Morgan fingerprint density at radius 1 is 1.00 bits per heavy atom. The van der Waals surface area contributed by atoms with Gasteiger partial charge in [0.2, 0.25) is 0 Å². The molecule has 0 bridgehead atoms. The third kappa shape index (κ3) is 3.62. The molecule has 0 amide bonds. The van der Waals surface area contributed by atoms with Crippen LogP contribution in [0, 0.1) is 0 Å². The van der Waals surface area contributed by atoms with E-state index >= 15 is 0 Å². The van der Waals surface area contributed by atoms with Gasteiger partial charge in [0.05, 0.1) is 10.6 Å². The number of aryl methyl sites for hydroxylation is 1. The van der Waals surface area contributed by atoms with Gasteiger partial charge in [-0.15, -0.1) is 0 Å². The second-order valence-corrected chi connectivity index (χ2v) is 6.75. The molecule has 0 aliphatic heterocycles. The van der Waals surface area contributed by atoms with Gasteiger partial charge in [-0.05, 0) is 42.7 Å². The second-order valence-electron chi connectivity index (χ2n) is 4.78. The van der Waals surface area contributed by atoms with Crippen molar-refractivity contribution in [2.24, 2.45) is 0 Å². The van der Waals surface area contributed by atoms with Crippen molar-refractivity contribution >= 4 is 15.7 Å². The van der Waals surface area contributed by atoms with E-state index in [4.69, 9.17) is 5.11 Å². The molecule has 0 atom stereocenters. The van der Waals surface area contributed by atoms with E-state index in [-0.39, 0.29) is 11.5 Å². The van der Waals surface area contributed by atoms with Crippen molar-refractivity contribution in [3.05, 3.63) is 60.2 Å². The summed E-state index contributed by atoms with van der Waals surface area (Å²) in [6, 6.07) is 15.8.